The number of phenolic OH excluding ortho intramolecular Hbond substituents is 1. The molecule has 1 amide bonds. The third kappa shape index (κ3) is 5.87. The zero-order valence-electron chi connectivity index (χ0n) is 19.1. The second-order valence-electron chi connectivity index (χ2n) is 8.25. The van der Waals surface area contributed by atoms with Gasteiger partial charge in [0.05, 0.1) is 17.3 Å². The molecule has 4 rings (SSSR count). The summed E-state index contributed by atoms with van der Waals surface area (Å²) >= 11 is 5.87. The van der Waals surface area contributed by atoms with Gasteiger partial charge in [0, 0.05) is 23.7 Å². The van der Waals surface area contributed by atoms with E-state index in [0.29, 0.717) is 12.1 Å². The zero-order chi connectivity index (χ0) is 24.8. The molecule has 0 aliphatic heterocycles. The van der Waals surface area contributed by atoms with E-state index in [0.717, 1.165) is 27.5 Å². The maximum Gasteiger partial charge on any atom is 0.271 e. The number of hydrogen-bond acceptors (Lipinski definition) is 5. The van der Waals surface area contributed by atoms with Gasteiger partial charge in [0.15, 0.2) is 0 Å². The SMILES string of the molecule is C[C@H](NCc1ccc(C=NNC(=O)c2ccc(O)c(Cl)c2)c2ccccc12)[C@H](O)c1ccccc1. The van der Waals surface area contributed by atoms with E-state index < -0.39 is 12.0 Å². The van der Waals surface area contributed by atoms with Crippen LogP contribution in [0.4, 0.5) is 0 Å². The molecule has 7 heteroatoms. The highest BCUT2D eigenvalue weighted by Gasteiger charge is 2.16. The van der Waals surface area contributed by atoms with Gasteiger partial charge in [-0.3, -0.25) is 4.79 Å². The number of benzene rings is 4. The molecule has 0 fully saturated rings. The molecule has 2 atom stereocenters. The minimum atomic E-state index is -0.610. The number of carbonyl (C=O) groups is 1. The molecule has 0 heterocycles. The molecule has 35 heavy (non-hydrogen) atoms. The summed E-state index contributed by atoms with van der Waals surface area (Å²) in [7, 11) is 0. The fraction of sp³-hybridized carbons (Fsp3) is 0.143. The minimum Gasteiger partial charge on any atom is -0.506 e. The van der Waals surface area contributed by atoms with E-state index in [2.05, 4.69) is 15.8 Å². The van der Waals surface area contributed by atoms with Crippen LogP contribution in [0.25, 0.3) is 10.8 Å². The van der Waals surface area contributed by atoms with Gasteiger partial charge in [-0.1, -0.05) is 78.3 Å². The Morgan fingerprint density at radius 1 is 1.00 bits per heavy atom. The van der Waals surface area contributed by atoms with Gasteiger partial charge in [0.1, 0.15) is 5.75 Å². The molecule has 4 aromatic rings. The van der Waals surface area contributed by atoms with Crippen LogP contribution in [0.1, 0.15) is 40.1 Å². The Labute approximate surface area is 208 Å². The fourth-order valence-corrected chi connectivity index (χ4v) is 4.03. The number of nitrogens with one attached hydrogen (secondary N) is 2. The molecule has 0 aliphatic carbocycles. The number of aliphatic hydroxyl groups excluding tert-OH is 1. The lowest BCUT2D eigenvalue weighted by molar-refractivity contribution is 0.0955. The number of carbonyl (C=O) groups excluding carboxylic acids is 1. The Morgan fingerprint density at radius 3 is 2.46 bits per heavy atom. The molecular weight excluding hydrogens is 462 g/mol. The van der Waals surface area contributed by atoms with Crippen LogP contribution >= 0.6 is 11.6 Å². The fourth-order valence-electron chi connectivity index (χ4n) is 3.85. The summed E-state index contributed by atoms with van der Waals surface area (Å²) in [5.74, 6) is -0.518. The van der Waals surface area contributed by atoms with Crippen LogP contribution in [0, 0.1) is 0 Å². The number of amides is 1. The van der Waals surface area contributed by atoms with Crippen molar-refractivity contribution in [3.8, 4) is 5.75 Å². The molecule has 0 saturated carbocycles. The smallest absolute Gasteiger partial charge is 0.271 e. The van der Waals surface area contributed by atoms with Crippen molar-refractivity contribution < 1.29 is 15.0 Å². The van der Waals surface area contributed by atoms with E-state index in [4.69, 9.17) is 11.6 Å². The van der Waals surface area contributed by atoms with Crippen LogP contribution < -0.4 is 10.7 Å². The van der Waals surface area contributed by atoms with Gasteiger partial charge >= 0.3 is 0 Å². The van der Waals surface area contributed by atoms with Gasteiger partial charge in [-0.25, -0.2) is 5.43 Å². The van der Waals surface area contributed by atoms with Crippen LogP contribution in [0.3, 0.4) is 0 Å². The molecule has 6 nitrogen and oxygen atoms in total. The Balaban J connectivity index is 1.46. The first kappa shape index (κ1) is 24.4. The van der Waals surface area contributed by atoms with Crippen LogP contribution in [0.15, 0.2) is 90.0 Å². The average Bonchev–Trinajstić information content (AvgIpc) is 2.89. The number of halogens is 1. The number of rotatable bonds is 8. The molecule has 0 aliphatic rings. The number of hydrogen-bond donors (Lipinski definition) is 4. The molecule has 178 valence electrons. The lowest BCUT2D eigenvalue weighted by atomic mass is 9.99. The molecule has 0 bridgehead atoms. The average molecular weight is 488 g/mol. The summed E-state index contributed by atoms with van der Waals surface area (Å²) in [5.41, 5.74) is 5.60. The van der Waals surface area contributed by atoms with Crippen molar-refractivity contribution in [1.29, 1.82) is 0 Å². The first-order valence-electron chi connectivity index (χ1n) is 11.2. The third-order valence-corrected chi connectivity index (χ3v) is 6.16. The van der Waals surface area contributed by atoms with Crippen molar-refractivity contribution in [1.82, 2.24) is 10.7 Å². The second-order valence-corrected chi connectivity index (χ2v) is 8.66. The highest BCUT2D eigenvalue weighted by atomic mass is 35.5. The first-order chi connectivity index (χ1) is 16.9. The van der Waals surface area contributed by atoms with Crippen molar-refractivity contribution in [3.63, 3.8) is 0 Å². The maximum absolute atomic E-state index is 12.3. The van der Waals surface area contributed by atoms with Crippen molar-refractivity contribution >= 4 is 34.5 Å². The minimum absolute atomic E-state index is 0.0864. The Hall–Kier alpha value is -3.71. The van der Waals surface area contributed by atoms with E-state index in [1.54, 1.807) is 6.21 Å². The second kappa shape index (κ2) is 11.1. The van der Waals surface area contributed by atoms with Gasteiger partial charge in [-0.2, -0.15) is 5.10 Å². The van der Waals surface area contributed by atoms with Gasteiger partial charge in [-0.15, -0.1) is 0 Å². The van der Waals surface area contributed by atoms with E-state index in [1.807, 2.05) is 73.7 Å². The molecule has 0 aromatic heterocycles. The number of nitrogens with zero attached hydrogens (tertiary/aromatic N) is 1. The molecular formula is C28H26ClN3O3. The Bertz CT molecular complexity index is 1360. The van der Waals surface area contributed by atoms with Gasteiger partial charge < -0.3 is 15.5 Å². The van der Waals surface area contributed by atoms with E-state index in [-0.39, 0.29) is 16.8 Å². The van der Waals surface area contributed by atoms with Crippen molar-refractivity contribution in [2.45, 2.75) is 25.6 Å². The Kier molecular flexibility index (Phi) is 7.77. The number of phenols is 1. The van der Waals surface area contributed by atoms with Crippen molar-refractivity contribution in [2.24, 2.45) is 5.10 Å². The Morgan fingerprint density at radius 2 is 1.71 bits per heavy atom. The van der Waals surface area contributed by atoms with Crippen LogP contribution in [-0.2, 0) is 6.54 Å². The van der Waals surface area contributed by atoms with E-state index >= 15 is 0 Å². The summed E-state index contributed by atoms with van der Waals surface area (Å²) in [6, 6.07) is 25.6. The van der Waals surface area contributed by atoms with Crippen LogP contribution in [0.5, 0.6) is 5.75 Å². The van der Waals surface area contributed by atoms with Gasteiger partial charge in [0.2, 0.25) is 0 Å². The standard InChI is InChI=1S/C28H26ClN3O3/c1-18(27(34)19-7-3-2-4-8-19)30-16-21-11-12-22(24-10-6-5-9-23(21)24)17-31-32-28(35)20-13-14-26(33)25(29)15-20/h2-15,17-18,27,30,33-34H,16H2,1H3,(H,32,35)/t18-,27-/m0/s1. The topological polar surface area (TPSA) is 94.0 Å². The summed E-state index contributed by atoms with van der Waals surface area (Å²) in [4.78, 5) is 12.3. The van der Waals surface area contributed by atoms with Gasteiger partial charge in [-0.05, 0) is 47.0 Å². The maximum atomic E-state index is 12.3. The van der Waals surface area contributed by atoms with E-state index in [9.17, 15) is 15.0 Å². The van der Waals surface area contributed by atoms with E-state index in [1.165, 1.54) is 18.2 Å². The molecule has 0 saturated heterocycles. The van der Waals surface area contributed by atoms with Crippen LogP contribution in [-0.4, -0.2) is 28.4 Å². The van der Waals surface area contributed by atoms with Gasteiger partial charge in [0.25, 0.3) is 5.91 Å². The zero-order valence-corrected chi connectivity index (χ0v) is 19.9. The summed E-state index contributed by atoms with van der Waals surface area (Å²) in [6.07, 6.45) is 0.988. The number of aromatic hydroxyl groups is 1. The molecule has 4 N–H and O–H groups in total. The largest absolute Gasteiger partial charge is 0.506 e. The lowest BCUT2D eigenvalue weighted by Gasteiger charge is -2.21. The molecule has 0 radical (unpaired) electrons. The third-order valence-electron chi connectivity index (χ3n) is 5.86. The number of hydrazone groups is 1. The highest BCUT2D eigenvalue weighted by Crippen LogP contribution is 2.24. The van der Waals surface area contributed by atoms with Crippen LogP contribution in [0.2, 0.25) is 5.02 Å². The molecule has 4 aromatic carbocycles. The summed E-state index contributed by atoms with van der Waals surface area (Å²) in [5, 5.41) is 29.8. The number of fused-ring (bicyclic) bond motifs is 1. The predicted octanol–water partition coefficient (Wildman–Crippen LogP) is 5.17. The quantitative estimate of drug-likeness (QED) is 0.203. The van der Waals surface area contributed by atoms with Crippen molar-refractivity contribution in [2.75, 3.05) is 0 Å². The normalized spacial score (nSPS) is 13.1. The molecule has 0 spiro atoms. The van der Waals surface area contributed by atoms with Crippen molar-refractivity contribution in [3.05, 3.63) is 112 Å². The first-order valence-corrected chi connectivity index (χ1v) is 11.6. The highest BCUT2D eigenvalue weighted by molar-refractivity contribution is 6.32. The number of aliphatic hydroxyl groups is 1. The predicted molar refractivity (Wildman–Crippen MR) is 140 cm³/mol. The lowest BCUT2D eigenvalue weighted by Crippen LogP contribution is -2.31. The summed E-state index contributed by atoms with van der Waals surface area (Å²) in [6.45, 7) is 2.55. The molecule has 0 unspecified atom stereocenters. The summed E-state index contributed by atoms with van der Waals surface area (Å²) < 4.78 is 0. The monoisotopic (exact) mass is 487 g/mol.